The third-order valence-corrected chi connectivity index (χ3v) is 2.85. The van der Waals surface area contributed by atoms with Gasteiger partial charge in [0.05, 0.1) is 25.7 Å². The van der Waals surface area contributed by atoms with Crippen molar-refractivity contribution in [2.45, 2.75) is 38.3 Å². The van der Waals surface area contributed by atoms with Crippen molar-refractivity contribution in [3.63, 3.8) is 0 Å². The largest absolute Gasteiger partial charge is 0.464 e. The molecule has 5 heteroatoms. The van der Waals surface area contributed by atoms with E-state index in [2.05, 4.69) is 11.4 Å². The molecule has 1 heterocycles. The lowest BCUT2D eigenvalue weighted by Gasteiger charge is -2.33. The van der Waals surface area contributed by atoms with Crippen LogP contribution in [0.25, 0.3) is 0 Å². The van der Waals surface area contributed by atoms with E-state index in [-0.39, 0.29) is 12.0 Å². The third-order valence-electron chi connectivity index (χ3n) is 2.85. The maximum absolute atomic E-state index is 12.0. The van der Waals surface area contributed by atoms with Gasteiger partial charge in [-0.15, -0.1) is 0 Å². The summed E-state index contributed by atoms with van der Waals surface area (Å²) in [5.74, 6) is -0.342. The predicted molar refractivity (Wildman–Crippen MR) is 66.8 cm³/mol. The van der Waals surface area contributed by atoms with Gasteiger partial charge in [0, 0.05) is 19.0 Å². The summed E-state index contributed by atoms with van der Waals surface area (Å²) in [6.45, 7) is 4.78. The number of nitrogens with one attached hydrogen (secondary N) is 1. The van der Waals surface area contributed by atoms with Crippen LogP contribution < -0.4 is 5.32 Å². The van der Waals surface area contributed by atoms with Crippen LogP contribution >= 0.6 is 0 Å². The molecule has 18 heavy (non-hydrogen) atoms. The van der Waals surface area contributed by atoms with Crippen LogP contribution in [0.1, 0.15) is 26.7 Å². The summed E-state index contributed by atoms with van der Waals surface area (Å²) in [6, 6.07) is 2.11. The summed E-state index contributed by atoms with van der Waals surface area (Å²) in [5, 5.41) is 11.8. The van der Waals surface area contributed by atoms with Crippen LogP contribution in [0.5, 0.6) is 0 Å². The van der Waals surface area contributed by atoms with Gasteiger partial charge in [-0.1, -0.05) is 12.2 Å². The minimum atomic E-state index is -0.950. The summed E-state index contributed by atoms with van der Waals surface area (Å²) < 4.78 is 10.7. The average molecular weight is 252 g/mol. The Morgan fingerprint density at radius 3 is 3.00 bits per heavy atom. The Morgan fingerprint density at radius 1 is 1.67 bits per heavy atom. The molecule has 0 saturated heterocycles. The maximum atomic E-state index is 12.0. The molecule has 1 rings (SSSR count). The molecule has 0 aliphatic carbocycles. The predicted octanol–water partition coefficient (Wildman–Crippen LogP) is 1.16. The Labute approximate surface area is 108 Å². The normalized spacial score (nSPS) is 24.3. The zero-order chi connectivity index (χ0) is 13.4. The second-order valence-electron chi connectivity index (χ2n) is 4.35. The van der Waals surface area contributed by atoms with Crippen LogP contribution in [0, 0.1) is 11.3 Å². The average Bonchev–Trinajstić information content (AvgIpc) is 2.38. The van der Waals surface area contributed by atoms with Crippen molar-refractivity contribution in [3.8, 4) is 6.07 Å². The number of rotatable bonds is 6. The van der Waals surface area contributed by atoms with E-state index in [4.69, 9.17) is 14.7 Å². The molecule has 0 aromatic rings. The molecule has 5 nitrogen and oxygen atoms in total. The number of carbonyl (C=O) groups excluding carboxylic acids is 1. The van der Waals surface area contributed by atoms with Crippen molar-refractivity contribution in [2.24, 2.45) is 0 Å². The fourth-order valence-electron chi connectivity index (χ4n) is 1.76. The van der Waals surface area contributed by atoms with Crippen LogP contribution in [-0.2, 0) is 14.3 Å². The van der Waals surface area contributed by atoms with E-state index in [0.717, 1.165) is 0 Å². The highest BCUT2D eigenvalue weighted by atomic mass is 16.6. The molecular weight excluding hydrogens is 232 g/mol. The first-order chi connectivity index (χ1) is 8.64. The lowest BCUT2D eigenvalue weighted by atomic mass is 9.96. The topological polar surface area (TPSA) is 71.3 Å². The molecule has 0 bridgehead atoms. The highest BCUT2D eigenvalue weighted by Gasteiger charge is 2.41. The molecule has 1 aliphatic heterocycles. The minimum Gasteiger partial charge on any atom is -0.464 e. The second-order valence-corrected chi connectivity index (χ2v) is 4.35. The molecule has 0 radical (unpaired) electrons. The SMILES string of the molecule is CCOC(=O)C1(CN[C@@H](C)CC#N)CC=CCO1. The van der Waals surface area contributed by atoms with Crippen LogP contribution in [0.15, 0.2) is 12.2 Å². The van der Waals surface area contributed by atoms with Gasteiger partial charge in [-0.25, -0.2) is 4.79 Å². The number of nitrogens with zero attached hydrogens (tertiary/aromatic N) is 1. The molecule has 0 spiro atoms. The number of carbonyl (C=O) groups is 1. The molecule has 0 saturated carbocycles. The van der Waals surface area contributed by atoms with Crippen LogP contribution in [0.4, 0.5) is 0 Å². The van der Waals surface area contributed by atoms with Gasteiger partial charge in [0.1, 0.15) is 0 Å². The fraction of sp³-hybridized carbons (Fsp3) is 0.692. The van der Waals surface area contributed by atoms with Gasteiger partial charge in [0.15, 0.2) is 5.60 Å². The summed E-state index contributed by atoms with van der Waals surface area (Å²) in [5.41, 5.74) is -0.950. The molecule has 0 amide bonds. The molecule has 1 unspecified atom stereocenters. The van der Waals surface area contributed by atoms with Crippen molar-refractivity contribution in [3.05, 3.63) is 12.2 Å². The Bertz CT molecular complexity index is 349. The lowest BCUT2D eigenvalue weighted by Crippen LogP contribution is -2.53. The molecule has 100 valence electrons. The van der Waals surface area contributed by atoms with Crippen molar-refractivity contribution >= 4 is 5.97 Å². The quantitative estimate of drug-likeness (QED) is 0.567. The van der Waals surface area contributed by atoms with E-state index in [0.29, 0.717) is 32.6 Å². The highest BCUT2D eigenvalue weighted by molar-refractivity contribution is 5.80. The van der Waals surface area contributed by atoms with Gasteiger partial charge in [-0.2, -0.15) is 5.26 Å². The van der Waals surface area contributed by atoms with Gasteiger partial charge in [-0.3, -0.25) is 0 Å². The molecule has 2 atom stereocenters. The minimum absolute atomic E-state index is 0.0239. The summed E-state index contributed by atoms with van der Waals surface area (Å²) in [4.78, 5) is 12.0. The first kappa shape index (κ1) is 14.7. The van der Waals surface area contributed by atoms with Gasteiger partial charge in [0.25, 0.3) is 0 Å². The van der Waals surface area contributed by atoms with Gasteiger partial charge < -0.3 is 14.8 Å². The van der Waals surface area contributed by atoms with E-state index in [1.165, 1.54) is 0 Å². The molecule has 1 aliphatic rings. The zero-order valence-electron chi connectivity index (χ0n) is 10.9. The lowest BCUT2D eigenvalue weighted by molar-refractivity contribution is -0.171. The summed E-state index contributed by atoms with van der Waals surface area (Å²) in [6.07, 6.45) is 4.71. The van der Waals surface area contributed by atoms with E-state index in [1.807, 2.05) is 19.1 Å². The van der Waals surface area contributed by atoms with Crippen LogP contribution in [-0.4, -0.2) is 37.4 Å². The second kappa shape index (κ2) is 7.14. The first-order valence-electron chi connectivity index (χ1n) is 6.21. The van der Waals surface area contributed by atoms with E-state index < -0.39 is 5.60 Å². The van der Waals surface area contributed by atoms with Crippen molar-refractivity contribution in [2.75, 3.05) is 19.8 Å². The fourth-order valence-corrected chi connectivity index (χ4v) is 1.76. The van der Waals surface area contributed by atoms with Crippen LogP contribution in [0.3, 0.4) is 0 Å². The third kappa shape index (κ3) is 3.83. The van der Waals surface area contributed by atoms with E-state index >= 15 is 0 Å². The van der Waals surface area contributed by atoms with Gasteiger partial charge >= 0.3 is 5.97 Å². The maximum Gasteiger partial charge on any atom is 0.340 e. The molecular formula is C13H20N2O3. The number of ether oxygens (including phenoxy) is 2. The van der Waals surface area contributed by atoms with Gasteiger partial charge in [0.2, 0.25) is 0 Å². The van der Waals surface area contributed by atoms with Crippen LogP contribution in [0.2, 0.25) is 0 Å². The number of hydrogen-bond donors (Lipinski definition) is 1. The monoisotopic (exact) mass is 252 g/mol. The van der Waals surface area contributed by atoms with Crippen molar-refractivity contribution in [1.82, 2.24) is 5.32 Å². The summed E-state index contributed by atoms with van der Waals surface area (Å²) >= 11 is 0. The molecule has 0 aromatic carbocycles. The number of hydrogen-bond acceptors (Lipinski definition) is 5. The van der Waals surface area contributed by atoms with Crippen molar-refractivity contribution < 1.29 is 14.3 Å². The number of esters is 1. The van der Waals surface area contributed by atoms with E-state index in [1.54, 1.807) is 6.92 Å². The Balaban J connectivity index is 2.64. The molecule has 0 aromatic heterocycles. The number of nitriles is 1. The molecule has 0 fully saturated rings. The van der Waals surface area contributed by atoms with E-state index in [9.17, 15) is 4.79 Å². The zero-order valence-corrected chi connectivity index (χ0v) is 10.9. The first-order valence-corrected chi connectivity index (χ1v) is 6.21. The highest BCUT2D eigenvalue weighted by Crippen LogP contribution is 2.22. The molecule has 1 N–H and O–H groups in total. The summed E-state index contributed by atoms with van der Waals surface area (Å²) in [7, 11) is 0. The standard InChI is InChI=1S/C13H20N2O3/c1-3-17-12(16)13(7-4-5-9-18-13)10-15-11(2)6-8-14/h4-5,11,15H,3,6-7,9-10H2,1-2H3/t11-,13?/m0/s1. The Morgan fingerprint density at radius 2 is 2.44 bits per heavy atom. The van der Waals surface area contributed by atoms with Gasteiger partial charge in [-0.05, 0) is 13.8 Å². The Hall–Kier alpha value is -1.38. The van der Waals surface area contributed by atoms with Crippen molar-refractivity contribution in [1.29, 1.82) is 5.26 Å². The Kier molecular flexibility index (Phi) is 5.83. The smallest absolute Gasteiger partial charge is 0.340 e.